The summed E-state index contributed by atoms with van der Waals surface area (Å²) < 4.78 is 0. The molecule has 0 saturated heterocycles. The molecule has 0 heterocycles. The van der Waals surface area contributed by atoms with Gasteiger partial charge in [0.05, 0.1) is 0 Å². The molecule has 0 aliphatic heterocycles. The van der Waals surface area contributed by atoms with Crippen molar-refractivity contribution in [2.75, 3.05) is 6.61 Å². The Kier molecular flexibility index (Phi) is 21.0. The second-order valence-electron chi connectivity index (χ2n) is 1.16. The number of carbonyl (C=O) groups excluding carboxylic acids is 2. The maximum absolute atomic E-state index is 8.12. The van der Waals surface area contributed by atoms with E-state index in [0.29, 0.717) is 6.61 Å². The van der Waals surface area contributed by atoms with Crippen LogP contribution in [0.4, 0.5) is 0 Å². The van der Waals surface area contributed by atoms with Crippen molar-refractivity contribution in [1.82, 2.24) is 0 Å². The summed E-state index contributed by atoms with van der Waals surface area (Å²) in [4.78, 5) is 16.2. The first-order valence-corrected chi connectivity index (χ1v) is 2.43. The van der Waals surface area contributed by atoms with Crippen LogP contribution >= 0.6 is 0 Å². The lowest BCUT2D eigenvalue weighted by Crippen LogP contribution is -1.75. The molecule has 0 spiro atoms. The van der Waals surface area contributed by atoms with Gasteiger partial charge in [0.25, 0.3) is 0 Å². The number of hydrogen-bond acceptors (Lipinski definition) is 3. The predicted molar refractivity (Wildman–Crippen MR) is 27.0 cm³/mol. The van der Waals surface area contributed by atoms with Gasteiger partial charge in [-0.25, -0.2) is 0 Å². The average molecular weight is 118 g/mol. The zero-order valence-electron chi connectivity index (χ0n) is 4.89. The van der Waals surface area contributed by atoms with Gasteiger partial charge in [0.2, 0.25) is 0 Å². The predicted octanol–water partition coefficient (Wildman–Crippen LogP) is 0.195. The highest BCUT2D eigenvalue weighted by atomic mass is 16.3. The van der Waals surface area contributed by atoms with Crippen LogP contribution in [-0.4, -0.2) is 17.9 Å². The van der Waals surface area contributed by atoms with Crippen molar-refractivity contribution in [3.05, 3.63) is 0 Å². The van der Waals surface area contributed by atoms with Crippen LogP contribution < -0.4 is 0 Å². The maximum Gasteiger partial charge on any atom is 0.373 e. The molecule has 0 aromatic carbocycles. The Morgan fingerprint density at radius 1 is 1.50 bits per heavy atom. The largest absolute Gasteiger partial charge is 0.396 e. The van der Waals surface area contributed by atoms with Crippen LogP contribution in [0.5, 0.6) is 0 Å². The number of unbranched alkanes of at least 4 members (excludes halogenated alkanes) is 1. The van der Waals surface area contributed by atoms with Crippen LogP contribution in [-0.2, 0) is 9.59 Å². The summed E-state index contributed by atoms with van der Waals surface area (Å²) in [6.07, 6.45) is 2.29. The highest BCUT2D eigenvalue weighted by Gasteiger charge is 1.69. The van der Waals surface area contributed by atoms with Crippen LogP contribution in [0.25, 0.3) is 0 Å². The third-order valence-corrected chi connectivity index (χ3v) is 0.512. The average Bonchev–Trinajstić information content (AvgIpc) is 1.71. The van der Waals surface area contributed by atoms with Gasteiger partial charge in [0, 0.05) is 6.61 Å². The Balaban J connectivity index is 0. The van der Waals surface area contributed by atoms with Gasteiger partial charge in [-0.05, 0) is 6.42 Å². The zero-order chi connectivity index (χ0) is 6.83. The van der Waals surface area contributed by atoms with Crippen molar-refractivity contribution in [1.29, 1.82) is 0 Å². The summed E-state index contributed by atoms with van der Waals surface area (Å²) in [7, 11) is 0. The number of rotatable bonds is 2. The maximum atomic E-state index is 8.12. The van der Waals surface area contributed by atoms with E-state index in [0.717, 1.165) is 12.8 Å². The Hall–Kier alpha value is -0.660. The van der Waals surface area contributed by atoms with E-state index in [1.807, 2.05) is 0 Å². The fourth-order valence-electron chi connectivity index (χ4n) is 0.158. The van der Waals surface area contributed by atoms with Crippen molar-refractivity contribution < 1.29 is 14.7 Å². The van der Waals surface area contributed by atoms with E-state index in [2.05, 4.69) is 6.92 Å². The fourth-order valence-corrected chi connectivity index (χ4v) is 0.158. The molecule has 48 valence electrons. The van der Waals surface area contributed by atoms with Crippen molar-refractivity contribution in [2.24, 2.45) is 0 Å². The molecule has 8 heavy (non-hydrogen) atoms. The molecule has 3 nitrogen and oxygen atoms in total. The van der Waals surface area contributed by atoms with Gasteiger partial charge >= 0.3 is 6.15 Å². The first kappa shape index (κ1) is 10.3. The lowest BCUT2D eigenvalue weighted by molar-refractivity contribution is -0.191. The van der Waals surface area contributed by atoms with Gasteiger partial charge < -0.3 is 5.11 Å². The van der Waals surface area contributed by atoms with Crippen molar-refractivity contribution in [2.45, 2.75) is 19.8 Å². The monoisotopic (exact) mass is 118 g/mol. The minimum absolute atomic E-state index is 0.250. The molecule has 0 saturated carbocycles. The van der Waals surface area contributed by atoms with Gasteiger partial charge in [-0.1, -0.05) is 13.3 Å². The third-order valence-electron chi connectivity index (χ3n) is 0.512. The van der Waals surface area contributed by atoms with E-state index in [9.17, 15) is 0 Å². The van der Waals surface area contributed by atoms with Gasteiger partial charge in [0.15, 0.2) is 0 Å². The van der Waals surface area contributed by atoms with Gasteiger partial charge in [-0.15, -0.1) is 0 Å². The summed E-state index contributed by atoms with van der Waals surface area (Å²) in [5.41, 5.74) is 0. The molecule has 0 bridgehead atoms. The molecule has 0 atom stereocenters. The summed E-state index contributed by atoms with van der Waals surface area (Å²) >= 11 is 0. The van der Waals surface area contributed by atoms with E-state index >= 15 is 0 Å². The minimum Gasteiger partial charge on any atom is -0.396 e. The molecule has 3 heteroatoms. The first-order chi connectivity index (χ1) is 3.83. The molecule has 0 fully saturated rings. The minimum atomic E-state index is 0.250. The number of aliphatic hydroxyl groups excluding tert-OH is 1. The summed E-state index contributed by atoms with van der Waals surface area (Å²) in [5.74, 6) is 0. The molecule has 1 N–H and O–H groups in total. The first-order valence-electron chi connectivity index (χ1n) is 2.43. The molecule has 0 aliphatic rings. The zero-order valence-corrected chi connectivity index (χ0v) is 4.89. The third kappa shape index (κ3) is 56.0. The topological polar surface area (TPSA) is 54.4 Å². The summed E-state index contributed by atoms with van der Waals surface area (Å²) in [5, 5.41) is 8.07. The Labute approximate surface area is 48.3 Å². The van der Waals surface area contributed by atoms with Crippen molar-refractivity contribution in [3.8, 4) is 0 Å². The molecular formula is C5H10O3. The van der Waals surface area contributed by atoms with Gasteiger partial charge in [0.1, 0.15) is 0 Å². The van der Waals surface area contributed by atoms with E-state index < -0.39 is 0 Å². The van der Waals surface area contributed by atoms with E-state index in [1.165, 1.54) is 0 Å². The van der Waals surface area contributed by atoms with Crippen LogP contribution in [0.2, 0.25) is 0 Å². The Morgan fingerprint density at radius 2 is 1.88 bits per heavy atom. The summed E-state index contributed by atoms with van der Waals surface area (Å²) in [6, 6.07) is 0. The van der Waals surface area contributed by atoms with Crippen LogP contribution in [0.15, 0.2) is 0 Å². The molecule has 0 rings (SSSR count). The van der Waals surface area contributed by atoms with Crippen molar-refractivity contribution in [3.63, 3.8) is 0 Å². The molecule has 0 amide bonds. The van der Waals surface area contributed by atoms with Crippen LogP contribution in [0.3, 0.4) is 0 Å². The van der Waals surface area contributed by atoms with E-state index in [4.69, 9.17) is 14.7 Å². The SMILES string of the molecule is CCCCO.O=C=O. The molecule has 0 radical (unpaired) electrons. The van der Waals surface area contributed by atoms with Crippen LogP contribution in [0.1, 0.15) is 19.8 Å². The Morgan fingerprint density at radius 3 is 1.88 bits per heavy atom. The lowest BCUT2D eigenvalue weighted by Gasteiger charge is -1.79. The highest BCUT2D eigenvalue weighted by molar-refractivity contribution is 5.20. The second-order valence-corrected chi connectivity index (χ2v) is 1.16. The lowest BCUT2D eigenvalue weighted by atomic mass is 10.4. The van der Waals surface area contributed by atoms with Gasteiger partial charge in [-0.2, -0.15) is 9.59 Å². The van der Waals surface area contributed by atoms with Gasteiger partial charge in [-0.3, -0.25) is 0 Å². The van der Waals surface area contributed by atoms with E-state index in [1.54, 1.807) is 0 Å². The second kappa shape index (κ2) is 16.2. The highest BCUT2D eigenvalue weighted by Crippen LogP contribution is 1.78. The molecule has 0 unspecified atom stereocenters. The van der Waals surface area contributed by atoms with Crippen molar-refractivity contribution >= 4 is 6.15 Å². The smallest absolute Gasteiger partial charge is 0.373 e. The van der Waals surface area contributed by atoms with E-state index in [-0.39, 0.29) is 6.15 Å². The normalized spacial score (nSPS) is 6.25. The molecular weight excluding hydrogens is 108 g/mol. The molecule has 0 aromatic rings. The molecule has 0 aliphatic carbocycles. The van der Waals surface area contributed by atoms with Crippen LogP contribution in [0, 0.1) is 0 Å². The summed E-state index contributed by atoms with van der Waals surface area (Å²) in [6.45, 7) is 2.40. The number of aliphatic hydroxyl groups is 1. The quantitative estimate of drug-likeness (QED) is 0.563. The number of hydrogen-bond donors (Lipinski definition) is 1. The molecule has 0 aromatic heterocycles. The standard InChI is InChI=1S/C4H10O.CO2/c1-2-3-4-5;2-1-3/h5H,2-4H2,1H3;. The fraction of sp³-hybridized carbons (Fsp3) is 0.800. The Bertz CT molecular complexity index is 52.7.